The van der Waals surface area contributed by atoms with Gasteiger partial charge in [0.05, 0.1) is 19.8 Å². The average Bonchev–Trinajstić information content (AvgIpc) is 3.02. The third-order valence-corrected chi connectivity index (χ3v) is 5.46. The maximum atomic E-state index is 12.2. The number of phosphoric acid groups is 1. The zero-order valence-corrected chi connectivity index (χ0v) is 14.9. The molecular formula is C17H23O5P. The average molecular weight is 338 g/mol. The van der Waals surface area contributed by atoms with Crippen molar-refractivity contribution >= 4 is 13.6 Å². The molecule has 1 aromatic rings. The highest BCUT2D eigenvalue weighted by Crippen LogP contribution is 2.53. The first-order valence-corrected chi connectivity index (χ1v) is 9.33. The van der Waals surface area contributed by atoms with Crippen molar-refractivity contribution < 1.29 is 22.9 Å². The van der Waals surface area contributed by atoms with Crippen LogP contribution in [0.5, 0.6) is 5.75 Å². The predicted molar refractivity (Wildman–Crippen MR) is 88.1 cm³/mol. The molecule has 0 bridgehead atoms. The van der Waals surface area contributed by atoms with Crippen LogP contribution in [0.1, 0.15) is 33.3 Å². The number of ether oxygens (including phenoxy) is 1. The maximum Gasteiger partial charge on any atom is 0.530 e. The number of hydrogen-bond donors (Lipinski definition) is 0. The van der Waals surface area contributed by atoms with Gasteiger partial charge in [-0.2, -0.15) is 0 Å². The SMILES string of the molecule is CC(C)C1=C(c2cccc(OP3(=O)OCCO3)c2)OCC1(C)C. The fourth-order valence-electron chi connectivity index (χ4n) is 3.21. The molecule has 2 heterocycles. The summed E-state index contributed by atoms with van der Waals surface area (Å²) in [6.45, 7) is 9.95. The molecular weight excluding hydrogens is 315 g/mol. The molecule has 0 spiro atoms. The van der Waals surface area contributed by atoms with Crippen molar-refractivity contribution in [2.75, 3.05) is 19.8 Å². The molecule has 3 rings (SSSR count). The molecule has 1 saturated heterocycles. The van der Waals surface area contributed by atoms with Crippen LogP contribution in [-0.2, 0) is 18.3 Å². The minimum atomic E-state index is -3.46. The molecule has 2 aliphatic rings. The maximum absolute atomic E-state index is 12.2. The van der Waals surface area contributed by atoms with Crippen molar-refractivity contribution in [2.45, 2.75) is 27.7 Å². The van der Waals surface area contributed by atoms with E-state index >= 15 is 0 Å². The van der Waals surface area contributed by atoms with Crippen molar-refractivity contribution in [3.8, 4) is 5.75 Å². The van der Waals surface area contributed by atoms with Crippen molar-refractivity contribution in [1.82, 2.24) is 0 Å². The van der Waals surface area contributed by atoms with Gasteiger partial charge in [-0.1, -0.05) is 39.8 Å². The molecule has 0 unspecified atom stereocenters. The summed E-state index contributed by atoms with van der Waals surface area (Å²) < 4.78 is 33.7. The van der Waals surface area contributed by atoms with Crippen molar-refractivity contribution in [1.29, 1.82) is 0 Å². The largest absolute Gasteiger partial charge is 0.530 e. The van der Waals surface area contributed by atoms with E-state index in [4.69, 9.17) is 18.3 Å². The molecule has 2 aliphatic heterocycles. The Labute approximate surface area is 137 Å². The first kappa shape index (κ1) is 16.6. The van der Waals surface area contributed by atoms with Gasteiger partial charge in [-0.05, 0) is 23.6 Å². The minimum absolute atomic E-state index is 0.00476. The van der Waals surface area contributed by atoms with Crippen molar-refractivity contribution in [3.63, 3.8) is 0 Å². The third-order valence-electron chi connectivity index (χ3n) is 4.02. The van der Waals surface area contributed by atoms with Gasteiger partial charge < -0.3 is 9.26 Å². The summed E-state index contributed by atoms with van der Waals surface area (Å²) >= 11 is 0. The Morgan fingerprint density at radius 2 is 1.91 bits per heavy atom. The Morgan fingerprint density at radius 1 is 1.22 bits per heavy atom. The topological polar surface area (TPSA) is 54.0 Å². The number of hydrogen-bond acceptors (Lipinski definition) is 5. The van der Waals surface area contributed by atoms with Gasteiger partial charge in [0.15, 0.2) is 0 Å². The fourth-order valence-corrected chi connectivity index (χ4v) is 4.36. The van der Waals surface area contributed by atoms with E-state index in [2.05, 4.69) is 27.7 Å². The van der Waals surface area contributed by atoms with Crippen molar-refractivity contribution in [2.24, 2.45) is 11.3 Å². The summed E-state index contributed by atoms with van der Waals surface area (Å²) in [5, 5.41) is 0. The lowest BCUT2D eigenvalue weighted by atomic mass is 9.79. The Hall–Kier alpha value is -1.29. The van der Waals surface area contributed by atoms with Gasteiger partial charge in [-0.3, -0.25) is 9.05 Å². The lowest BCUT2D eigenvalue weighted by Gasteiger charge is -2.22. The van der Waals surface area contributed by atoms with Gasteiger partial charge in [0.25, 0.3) is 0 Å². The van der Waals surface area contributed by atoms with Crippen LogP contribution in [-0.4, -0.2) is 19.8 Å². The molecule has 0 aromatic heterocycles. The van der Waals surface area contributed by atoms with Crippen LogP contribution < -0.4 is 4.52 Å². The Morgan fingerprint density at radius 3 is 2.57 bits per heavy atom. The van der Waals surface area contributed by atoms with E-state index in [-0.39, 0.29) is 18.6 Å². The smallest absolute Gasteiger partial charge is 0.492 e. The van der Waals surface area contributed by atoms with Gasteiger partial charge in [0, 0.05) is 11.0 Å². The summed E-state index contributed by atoms with van der Waals surface area (Å²) in [5.41, 5.74) is 2.21. The van der Waals surface area contributed by atoms with Crippen LogP contribution in [0.2, 0.25) is 0 Å². The van der Waals surface area contributed by atoms with E-state index < -0.39 is 7.82 Å². The second-order valence-electron chi connectivity index (χ2n) is 6.80. The van der Waals surface area contributed by atoms with Crippen LogP contribution in [0, 0.1) is 11.3 Å². The van der Waals surface area contributed by atoms with Gasteiger partial charge in [-0.25, -0.2) is 4.57 Å². The fraction of sp³-hybridized carbons (Fsp3) is 0.529. The van der Waals surface area contributed by atoms with Crippen LogP contribution in [0.4, 0.5) is 0 Å². The Kier molecular flexibility index (Phi) is 4.30. The first-order valence-electron chi connectivity index (χ1n) is 7.87. The zero-order chi connectivity index (χ0) is 16.7. The van der Waals surface area contributed by atoms with E-state index in [0.29, 0.717) is 18.3 Å². The summed E-state index contributed by atoms with van der Waals surface area (Å²) in [5.74, 6) is 1.73. The number of rotatable bonds is 4. The van der Waals surface area contributed by atoms with E-state index in [1.807, 2.05) is 18.2 Å². The standard InChI is InChI=1S/C17H23O5P/c1-12(2)15-16(19-11-17(15,3)4)13-6-5-7-14(10-13)22-23(18)20-8-9-21-23/h5-7,10,12H,8-9,11H2,1-4H3. The lowest BCUT2D eigenvalue weighted by Crippen LogP contribution is -2.18. The molecule has 0 radical (unpaired) electrons. The molecule has 1 aromatic carbocycles. The second kappa shape index (κ2) is 5.97. The molecule has 5 nitrogen and oxygen atoms in total. The summed E-state index contributed by atoms with van der Waals surface area (Å²) in [4.78, 5) is 0. The highest BCUT2D eigenvalue weighted by atomic mass is 31.2. The molecule has 126 valence electrons. The normalized spacial score (nSPS) is 22.5. The van der Waals surface area contributed by atoms with E-state index in [1.54, 1.807) is 6.07 Å². The molecule has 0 atom stereocenters. The molecule has 0 amide bonds. The molecule has 0 aliphatic carbocycles. The number of phosphoric ester groups is 1. The monoisotopic (exact) mass is 338 g/mol. The van der Waals surface area contributed by atoms with E-state index in [0.717, 1.165) is 11.3 Å². The molecule has 6 heteroatoms. The quantitative estimate of drug-likeness (QED) is 0.748. The van der Waals surface area contributed by atoms with Gasteiger partial charge >= 0.3 is 7.82 Å². The summed E-state index contributed by atoms with van der Waals surface area (Å²) in [6.07, 6.45) is 0. The second-order valence-corrected chi connectivity index (χ2v) is 8.40. The minimum Gasteiger partial charge on any atom is -0.492 e. The summed E-state index contributed by atoms with van der Waals surface area (Å²) in [7, 11) is -3.46. The van der Waals surface area contributed by atoms with Gasteiger partial charge in [0.2, 0.25) is 0 Å². The summed E-state index contributed by atoms with van der Waals surface area (Å²) in [6, 6.07) is 7.39. The van der Waals surface area contributed by atoms with Crippen LogP contribution in [0.3, 0.4) is 0 Å². The first-order chi connectivity index (χ1) is 10.8. The predicted octanol–water partition coefficient (Wildman–Crippen LogP) is 4.64. The van der Waals surface area contributed by atoms with E-state index in [1.165, 1.54) is 5.57 Å². The number of benzene rings is 1. The van der Waals surface area contributed by atoms with Gasteiger partial charge in [-0.15, -0.1) is 0 Å². The Bertz CT molecular complexity index is 667. The third kappa shape index (κ3) is 3.32. The van der Waals surface area contributed by atoms with Crippen LogP contribution in [0.15, 0.2) is 29.8 Å². The van der Waals surface area contributed by atoms with Crippen LogP contribution in [0.25, 0.3) is 5.76 Å². The van der Waals surface area contributed by atoms with E-state index in [9.17, 15) is 4.57 Å². The highest BCUT2D eigenvalue weighted by Gasteiger charge is 2.37. The zero-order valence-electron chi connectivity index (χ0n) is 14.0. The van der Waals surface area contributed by atoms with Crippen molar-refractivity contribution in [3.05, 3.63) is 35.4 Å². The highest BCUT2D eigenvalue weighted by molar-refractivity contribution is 7.49. The molecule has 1 fully saturated rings. The molecule has 0 N–H and O–H groups in total. The molecule has 0 saturated carbocycles. The molecule has 23 heavy (non-hydrogen) atoms. The van der Waals surface area contributed by atoms with Crippen LogP contribution >= 0.6 is 7.82 Å². The van der Waals surface area contributed by atoms with Gasteiger partial charge in [0.1, 0.15) is 11.5 Å². The Balaban J connectivity index is 1.93. The lowest BCUT2D eigenvalue weighted by molar-refractivity contribution is 0.219.